The maximum atomic E-state index is 12.4. The summed E-state index contributed by atoms with van der Waals surface area (Å²) in [6.45, 7) is 5.75. The second-order valence-corrected chi connectivity index (χ2v) is 9.13. The van der Waals surface area contributed by atoms with Gasteiger partial charge >= 0.3 is 0 Å². The first-order valence-corrected chi connectivity index (χ1v) is 10.1. The molecule has 0 saturated heterocycles. The van der Waals surface area contributed by atoms with E-state index in [1.54, 1.807) is 38.3 Å². The molecule has 0 aliphatic heterocycles. The van der Waals surface area contributed by atoms with Crippen molar-refractivity contribution in [3.05, 3.63) is 40.3 Å². The molecule has 0 fully saturated rings. The Bertz CT molecular complexity index is 854. The van der Waals surface area contributed by atoms with Crippen LogP contribution in [0.5, 0.6) is 0 Å². The van der Waals surface area contributed by atoms with Crippen molar-refractivity contribution in [2.24, 2.45) is 5.73 Å². The second kappa shape index (κ2) is 7.61. The van der Waals surface area contributed by atoms with Gasteiger partial charge in [0.15, 0.2) is 0 Å². The zero-order valence-corrected chi connectivity index (χ0v) is 16.0. The molecule has 1 amide bonds. The van der Waals surface area contributed by atoms with Crippen molar-refractivity contribution in [1.82, 2.24) is 9.71 Å². The van der Waals surface area contributed by atoms with Crippen LogP contribution < -0.4 is 15.8 Å². The second-order valence-electron chi connectivity index (χ2n) is 6.50. The van der Waals surface area contributed by atoms with E-state index in [1.807, 2.05) is 0 Å². The average molecular weight is 383 g/mol. The number of sulfonamides is 1. The molecule has 0 atom stereocenters. The first kappa shape index (κ1) is 19.5. The van der Waals surface area contributed by atoms with Gasteiger partial charge in [0.1, 0.15) is 5.69 Å². The minimum absolute atomic E-state index is 0.0855. The van der Waals surface area contributed by atoms with E-state index in [-0.39, 0.29) is 10.6 Å². The number of hydrogen-bond donors (Lipinski definition) is 3. The summed E-state index contributed by atoms with van der Waals surface area (Å²) in [5.41, 5.74) is 5.55. The summed E-state index contributed by atoms with van der Waals surface area (Å²) < 4.78 is 27.3. The molecule has 0 unspecified atom stereocenters. The number of nitrogens with zero attached hydrogens (tertiary/aromatic N) is 1. The van der Waals surface area contributed by atoms with E-state index in [0.29, 0.717) is 18.7 Å². The summed E-state index contributed by atoms with van der Waals surface area (Å²) >= 11 is 1.37. The normalized spacial score (nSPS) is 12.2. The number of amides is 1. The zero-order valence-electron chi connectivity index (χ0n) is 14.4. The smallest absolute Gasteiger partial charge is 0.275 e. The van der Waals surface area contributed by atoms with Crippen LogP contribution in [0, 0.1) is 0 Å². The van der Waals surface area contributed by atoms with Gasteiger partial charge in [0.2, 0.25) is 10.0 Å². The van der Waals surface area contributed by atoms with Crippen LogP contribution in [0.15, 0.2) is 34.5 Å². The lowest BCUT2D eigenvalue weighted by molar-refractivity contribution is 0.102. The highest BCUT2D eigenvalue weighted by molar-refractivity contribution is 7.89. The first-order chi connectivity index (χ1) is 11.6. The van der Waals surface area contributed by atoms with Crippen LogP contribution in [0.25, 0.3) is 0 Å². The van der Waals surface area contributed by atoms with Gasteiger partial charge in [0, 0.05) is 23.0 Å². The largest absolute Gasteiger partial charge is 0.330 e. The number of rotatable bonds is 6. The van der Waals surface area contributed by atoms with Gasteiger partial charge in [-0.1, -0.05) is 6.07 Å². The third-order valence-electron chi connectivity index (χ3n) is 2.99. The minimum Gasteiger partial charge on any atom is -0.330 e. The number of hydrogen-bond acceptors (Lipinski definition) is 6. The van der Waals surface area contributed by atoms with Gasteiger partial charge in [-0.2, -0.15) is 0 Å². The maximum absolute atomic E-state index is 12.4. The zero-order chi connectivity index (χ0) is 18.7. The molecule has 0 bridgehead atoms. The lowest BCUT2D eigenvalue weighted by atomic mass is 10.1. The van der Waals surface area contributed by atoms with E-state index in [1.165, 1.54) is 23.5 Å². The fourth-order valence-electron chi connectivity index (χ4n) is 2.05. The minimum atomic E-state index is -3.67. The number of nitrogens with one attached hydrogen (secondary N) is 2. The van der Waals surface area contributed by atoms with Crippen molar-refractivity contribution >= 4 is 33.0 Å². The molecule has 0 radical (unpaired) electrons. The van der Waals surface area contributed by atoms with Gasteiger partial charge in [-0.05, 0) is 45.5 Å². The number of anilines is 1. The standard InChI is InChI=1S/C16H22N4O3S2/c1-16(2,3)20-25(22,23)12-6-4-5-11(9-12)18-15(21)13-10-24-14(19-13)7-8-17/h4-6,9-10,20H,7-8,17H2,1-3H3,(H,18,21). The van der Waals surface area contributed by atoms with E-state index in [9.17, 15) is 13.2 Å². The highest BCUT2D eigenvalue weighted by Crippen LogP contribution is 2.19. The van der Waals surface area contributed by atoms with Crippen LogP contribution in [0.1, 0.15) is 36.3 Å². The molecule has 4 N–H and O–H groups in total. The molecule has 2 aromatic rings. The Morgan fingerprint density at radius 2 is 2.04 bits per heavy atom. The molecule has 0 aliphatic rings. The summed E-state index contributed by atoms with van der Waals surface area (Å²) in [4.78, 5) is 16.6. The summed E-state index contributed by atoms with van der Waals surface area (Å²) in [6.07, 6.45) is 0.615. The molecule has 0 aliphatic carbocycles. The monoisotopic (exact) mass is 382 g/mol. The summed E-state index contributed by atoms with van der Waals surface area (Å²) in [5.74, 6) is -0.391. The van der Waals surface area contributed by atoms with E-state index in [4.69, 9.17) is 5.73 Å². The van der Waals surface area contributed by atoms with Crippen molar-refractivity contribution in [3.8, 4) is 0 Å². The van der Waals surface area contributed by atoms with Crippen LogP contribution in [0.2, 0.25) is 0 Å². The lowest BCUT2D eigenvalue weighted by Gasteiger charge is -2.20. The Morgan fingerprint density at radius 1 is 1.32 bits per heavy atom. The topological polar surface area (TPSA) is 114 Å². The molecule has 1 heterocycles. The summed E-state index contributed by atoms with van der Waals surface area (Å²) in [5, 5.41) is 5.12. The Labute approximate surface area is 151 Å². The van der Waals surface area contributed by atoms with E-state index >= 15 is 0 Å². The highest BCUT2D eigenvalue weighted by Gasteiger charge is 2.22. The fraction of sp³-hybridized carbons (Fsp3) is 0.375. The molecule has 25 heavy (non-hydrogen) atoms. The molecule has 0 saturated carbocycles. The maximum Gasteiger partial charge on any atom is 0.275 e. The van der Waals surface area contributed by atoms with E-state index in [2.05, 4.69) is 15.0 Å². The van der Waals surface area contributed by atoms with Crippen molar-refractivity contribution < 1.29 is 13.2 Å². The predicted molar refractivity (Wildman–Crippen MR) is 99.3 cm³/mol. The summed E-state index contributed by atoms with van der Waals surface area (Å²) in [6, 6.07) is 6.10. The third kappa shape index (κ3) is 5.60. The molecule has 1 aromatic carbocycles. The number of thiazole rings is 1. The summed E-state index contributed by atoms with van der Waals surface area (Å²) in [7, 11) is -3.67. The fourth-order valence-corrected chi connectivity index (χ4v) is 4.31. The van der Waals surface area contributed by atoms with Crippen LogP contribution >= 0.6 is 11.3 Å². The lowest BCUT2D eigenvalue weighted by Crippen LogP contribution is -2.40. The average Bonchev–Trinajstić information content (AvgIpc) is 2.94. The van der Waals surface area contributed by atoms with Gasteiger partial charge in [0.05, 0.1) is 9.90 Å². The van der Waals surface area contributed by atoms with Crippen molar-refractivity contribution in [3.63, 3.8) is 0 Å². The molecule has 9 heteroatoms. The van der Waals surface area contributed by atoms with Gasteiger partial charge in [-0.25, -0.2) is 18.1 Å². The quantitative estimate of drug-likeness (QED) is 0.707. The molecular weight excluding hydrogens is 360 g/mol. The third-order valence-corrected chi connectivity index (χ3v) is 5.65. The molecular formula is C16H22N4O3S2. The first-order valence-electron chi connectivity index (χ1n) is 7.70. The van der Waals surface area contributed by atoms with Crippen molar-refractivity contribution in [1.29, 1.82) is 0 Å². The molecule has 2 rings (SSSR count). The number of carbonyl (C=O) groups excluding carboxylic acids is 1. The Balaban J connectivity index is 2.17. The Hall–Kier alpha value is -1.81. The van der Waals surface area contributed by atoms with Crippen molar-refractivity contribution in [2.75, 3.05) is 11.9 Å². The number of benzene rings is 1. The highest BCUT2D eigenvalue weighted by atomic mass is 32.2. The number of carbonyl (C=O) groups is 1. The Morgan fingerprint density at radius 3 is 2.68 bits per heavy atom. The van der Waals surface area contributed by atoms with Gasteiger partial charge in [-0.3, -0.25) is 4.79 Å². The van der Waals surface area contributed by atoms with Crippen LogP contribution in [-0.4, -0.2) is 31.4 Å². The Kier molecular flexibility index (Phi) is 5.94. The number of aromatic nitrogens is 1. The number of nitrogens with two attached hydrogens (primary N) is 1. The van der Waals surface area contributed by atoms with E-state index < -0.39 is 21.5 Å². The van der Waals surface area contributed by atoms with Crippen LogP contribution in [-0.2, 0) is 16.4 Å². The van der Waals surface area contributed by atoms with Gasteiger partial charge in [0.25, 0.3) is 5.91 Å². The predicted octanol–water partition coefficient (Wildman–Crippen LogP) is 1.97. The molecule has 0 spiro atoms. The van der Waals surface area contributed by atoms with Crippen LogP contribution in [0.3, 0.4) is 0 Å². The van der Waals surface area contributed by atoms with Crippen molar-refractivity contribution in [2.45, 2.75) is 37.6 Å². The van der Waals surface area contributed by atoms with Crippen LogP contribution in [0.4, 0.5) is 5.69 Å². The molecule has 7 nitrogen and oxygen atoms in total. The molecule has 136 valence electrons. The van der Waals surface area contributed by atoms with Gasteiger partial charge in [-0.15, -0.1) is 11.3 Å². The molecule has 1 aromatic heterocycles. The van der Waals surface area contributed by atoms with Gasteiger partial charge < -0.3 is 11.1 Å². The SMILES string of the molecule is CC(C)(C)NS(=O)(=O)c1cccc(NC(=O)c2csc(CCN)n2)c1. The van der Waals surface area contributed by atoms with E-state index in [0.717, 1.165) is 5.01 Å².